The highest BCUT2D eigenvalue weighted by Gasteiger charge is 2.53. The fourth-order valence-electron chi connectivity index (χ4n) is 2.46. The van der Waals surface area contributed by atoms with Crippen LogP contribution in [0.2, 0.25) is 0 Å². The Bertz CT molecular complexity index is 255. The van der Waals surface area contributed by atoms with Gasteiger partial charge >= 0.3 is 0 Å². The molecule has 0 aromatic carbocycles. The fourth-order valence-corrected chi connectivity index (χ4v) is 2.46. The number of hydrogen-bond acceptors (Lipinski definition) is 1. The smallest absolute Gasteiger partial charge is 0.195 e. The van der Waals surface area contributed by atoms with Crippen molar-refractivity contribution in [1.82, 2.24) is 9.80 Å². The number of halogens is 1. The average Bonchev–Trinajstić information content (AvgIpc) is 2.99. The largest absolute Gasteiger partial charge is 0.349 e. The van der Waals surface area contributed by atoms with Gasteiger partial charge in [0, 0.05) is 34.7 Å². The molecule has 0 radical (unpaired) electrons. The molecule has 0 saturated heterocycles. The van der Waals surface area contributed by atoms with Gasteiger partial charge in [0.05, 0.1) is 0 Å². The van der Waals surface area contributed by atoms with Crippen molar-refractivity contribution in [3.8, 4) is 0 Å². The normalized spacial score (nSPS) is 20.8. The summed E-state index contributed by atoms with van der Waals surface area (Å²) in [5.41, 5.74) is 0.622. The second kappa shape index (κ2) is 5.10. The predicted molar refractivity (Wildman–Crippen MR) is 79.5 cm³/mol. The minimum absolute atomic E-state index is 0. The van der Waals surface area contributed by atoms with Gasteiger partial charge in [-0.1, -0.05) is 0 Å². The zero-order chi connectivity index (χ0) is 11.1. The second-order valence-corrected chi connectivity index (χ2v) is 5.54. The lowest BCUT2D eigenvalue weighted by Gasteiger charge is -2.23. The van der Waals surface area contributed by atoms with E-state index in [9.17, 15) is 0 Å². The van der Waals surface area contributed by atoms with Crippen molar-refractivity contribution >= 4 is 29.9 Å². The molecule has 2 fully saturated rings. The molecule has 0 aromatic rings. The van der Waals surface area contributed by atoms with Crippen LogP contribution >= 0.6 is 24.0 Å². The van der Waals surface area contributed by atoms with Crippen LogP contribution in [0.25, 0.3) is 0 Å². The van der Waals surface area contributed by atoms with Crippen molar-refractivity contribution in [3.63, 3.8) is 0 Å². The first-order chi connectivity index (χ1) is 7.05. The molecule has 2 aliphatic carbocycles. The topological polar surface area (TPSA) is 18.8 Å². The van der Waals surface area contributed by atoms with Gasteiger partial charge in [-0.3, -0.25) is 4.99 Å². The Morgan fingerprint density at radius 2 is 1.62 bits per heavy atom. The number of hydrogen-bond donors (Lipinski definition) is 0. The summed E-state index contributed by atoms with van der Waals surface area (Å²) in [6, 6.07) is 0. The molecule has 3 nitrogen and oxygen atoms in total. The van der Waals surface area contributed by atoms with E-state index in [4.69, 9.17) is 4.99 Å². The molecular formula is C12H24IN3. The van der Waals surface area contributed by atoms with Crippen LogP contribution in [0, 0.1) is 11.3 Å². The lowest BCUT2D eigenvalue weighted by Crippen LogP contribution is -2.36. The Morgan fingerprint density at radius 1 is 1.12 bits per heavy atom. The molecule has 0 bridgehead atoms. The number of guanidine groups is 1. The molecule has 0 atom stereocenters. The maximum atomic E-state index is 4.79. The SMILES string of the molecule is CN(C)C(=NCC1(C2CC2)CC1)N(C)C.I. The minimum atomic E-state index is 0. The van der Waals surface area contributed by atoms with Crippen LogP contribution in [0.15, 0.2) is 4.99 Å². The van der Waals surface area contributed by atoms with Crippen molar-refractivity contribution in [2.45, 2.75) is 25.7 Å². The first kappa shape index (κ1) is 14.1. The first-order valence-electron chi connectivity index (χ1n) is 5.94. The van der Waals surface area contributed by atoms with Crippen molar-refractivity contribution in [1.29, 1.82) is 0 Å². The summed E-state index contributed by atoms with van der Waals surface area (Å²) in [6.07, 6.45) is 5.73. The van der Waals surface area contributed by atoms with Gasteiger partial charge in [-0.05, 0) is 37.0 Å². The summed E-state index contributed by atoms with van der Waals surface area (Å²) in [5, 5.41) is 0. The van der Waals surface area contributed by atoms with E-state index in [-0.39, 0.29) is 24.0 Å². The number of rotatable bonds is 3. The van der Waals surface area contributed by atoms with E-state index in [1.807, 2.05) is 0 Å². The zero-order valence-corrected chi connectivity index (χ0v) is 13.2. The molecule has 0 heterocycles. The molecule has 16 heavy (non-hydrogen) atoms. The van der Waals surface area contributed by atoms with Gasteiger partial charge in [-0.25, -0.2) is 0 Å². The van der Waals surface area contributed by atoms with E-state index in [1.54, 1.807) is 0 Å². The highest BCUT2D eigenvalue weighted by atomic mass is 127. The van der Waals surface area contributed by atoms with Crippen LogP contribution < -0.4 is 0 Å². The average molecular weight is 337 g/mol. The Morgan fingerprint density at radius 3 is 1.94 bits per heavy atom. The lowest BCUT2D eigenvalue weighted by molar-refractivity contribution is 0.432. The molecule has 0 aliphatic heterocycles. The third kappa shape index (κ3) is 3.02. The van der Waals surface area contributed by atoms with E-state index >= 15 is 0 Å². The fraction of sp³-hybridized carbons (Fsp3) is 0.917. The Kier molecular flexibility index (Phi) is 4.49. The van der Waals surface area contributed by atoms with E-state index in [2.05, 4.69) is 38.0 Å². The highest BCUT2D eigenvalue weighted by Crippen LogP contribution is 2.61. The monoisotopic (exact) mass is 337 g/mol. The van der Waals surface area contributed by atoms with Crippen molar-refractivity contribution in [2.24, 2.45) is 16.3 Å². The summed E-state index contributed by atoms with van der Waals surface area (Å²) in [7, 11) is 8.26. The van der Waals surface area contributed by atoms with E-state index in [0.29, 0.717) is 5.41 Å². The minimum Gasteiger partial charge on any atom is -0.349 e. The van der Waals surface area contributed by atoms with E-state index in [1.165, 1.54) is 25.7 Å². The Hall–Kier alpha value is 0. The molecular weight excluding hydrogens is 313 g/mol. The summed E-state index contributed by atoms with van der Waals surface area (Å²) < 4.78 is 0. The van der Waals surface area contributed by atoms with Crippen molar-refractivity contribution in [3.05, 3.63) is 0 Å². The summed E-state index contributed by atoms with van der Waals surface area (Å²) >= 11 is 0. The molecule has 94 valence electrons. The number of aliphatic imine (C=N–C) groups is 1. The van der Waals surface area contributed by atoms with Gasteiger partial charge in [0.2, 0.25) is 0 Å². The van der Waals surface area contributed by atoms with Crippen LogP contribution in [0.1, 0.15) is 25.7 Å². The molecule has 0 aromatic heterocycles. The van der Waals surface area contributed by atoms with Gasteiger partial charge in [0.25, 0.3) is 0 Å². The molecule has 0 spiro atoms. The van der Waals surface area contributed by atoms with E-state index < -0.39 is 0 Å². The summed E-state index contributed by atoms with van der Waals surface area (Å²) in [6.45, 7) is 1.04. The second-order valence-electron chi connectivity index (χ2n) is 5.54. The lowest BCUT2D eigenvalue weighted by atomic mass is 10.0. The van der Waals surface area contributed by atoms with Crippen molar-refractivity contribution < 1.29 is 0 Å². The summed E-state index contributed by atoms with van der Waals surface area (Å²) in [4.78, 5) is 8.99. The molecule has 2 saturated carbocycles. The molecule has 2 aliphatic rings. The third-order valence-electron chi connectivity index (χ3n) is 3.67. The quantitative estimate of drug-likeness (QED) is 0.447. The van der Waals surface area contributed by atoms with Gasteiger partial charge in [-0.15, -0.1) is 24.0 Å². The zero-order valence-electron chi connectivity index (χ0n) is 10.9. The van der Waals surface area contributed by atoms with Crippen LogP contribution in [0.3, 0.4) is 0 Å². The molecule has 2 rings (SSSR count). The van der Waals surface area contributed by atoms with Gasteiger partial charge < -0.3 is 9.80 Å². The first-order valence-corrected chi connectivity index (χ1v) is 5.94. The third-order valence-corrected chi connectivity index (χ3v) is 3.67. The van der Waals surface area contributed by atoms with Crippen LogP contribution in [0.5, 0.6) is 0 Å². The van der Waals surface area contributed by atoms with E-state index in [0.717, 1.165) is 18.4 Å². The molecule has 0 N–H and O–H groups in total. The predicted octanol–water partition coefficient (Wildman–Crippen LogP) is 2.27. The number of nitrogens with zero attached hydrogens (tertiary/aromatic N) is 3. The molecule has 0 amide bonds. The van der Waals surface area contributed by atoms with Crippen molar-refractivity contribution in [2.75, 3.05) is 34.7 Å². The standard InChI is InChI=1S/C12H23N3.HI/c1-14(2)11(15(3)4)13-9-12(7-8-12)10-5-6-10;/h10H,5-9H2,1-4H3;1H. The van der Waals surface area contributed by atoms with Crippen LogP contribution in [-0.4, -0.2) is 50.5 Å². The Labute approximate surface area is 116 Å². The highest BCUT2D eigenvalue weighted by molar-refractivity contribution is 14.0. The van der Waals surface area contributed by atoms with Gasteiger partial charge in [-0.2, -0.15) is 0 Å². The molecule has 0 unspecified atom stereocenters. The van der Waals surface area contributed by atoms with Gasteiger partial charge in [0.15, 0.2) is 5.96 Å². The summed E-state index contributed by atoms with van der Waals surface area (Å²) in [5.74, 6) is 2.11. The Balaban J connectivity index is 0.00000128. The van der Waals surface area contributed by atoms with Gasteiger partial charge in [0.1, 0.15) is 0 Å². The van der Waals surface area contributed by atoms with Crippen LogP contribution in [-0.2, 0) is 0 Å². The maximum Gasteiger partial charge on any atom is 0.195 e. The van der Waals surface area contributed by atoms with Crippen LogP contribution in [0.4, 0.5) is 0 Å². The maximum absolute atomic E-state index is 4.79. The molecule has 4 heteroatoms.